The van der Waals surface area contributed by atoms with E-state index in [4.69, 9.17) is 0 Å². The number of amides is 1. The summed E-state index contributed by atoms with van der Waals surface area (Å²) in [6, 6.07) is 6.39. The molecule has 6 nitrogen and oxygen atoms in total. The van der Waals surface area contributed by atoms with Crippen molar-refractivity contribution in [2.24, 2.45) is 0 Å². The monoisotopic (exact) mass is 337 g/mol. The predicted molar refractivity (Wildman–Crippen MR) is 96.2 cm³/mol. The molecule has 0 bridgehead atoms. The standard InChI is InChI=1S/C19H23N5O/c1-14(24-10-7-20-13-24)11-18(25)23-8-4-15(5-9-23)17-12-16-3-2-6-21-19(16)22-17/h2-3,6-7,10,12-15H,4-5,8-9,11H2,1H3,(H,21,22). The average molecular weight is 337 g/mol. The van der Waals surface area contributed by atoms with Gasteiger partial charge in [-0.3, -0.25) is 4.79 Å². The van der Waals surface area contributed by atoms with Crippen molar-refractivity contribution >= 4 is 16.9 Å². The first-order valence-electron chi connectivity index (χ1n) is 8.89. The van der Waals surface area contributed by atoms with Crippen LogP contribution in [0.1, 0.15) is 43.8 Å². The predicted octanol–water partition coefficient (Wildman–Crippen LogP) is 3.12. The number of carbonyl (C=O) groups is 1. The molecule has 0 spiro atoms. The van der Waals surface area contributed by atoms with E-state index in [1.807, 2.05) is 27.9 Å². The Bertz CT molecular complexity index is 813. The second-order valence-corrected chi connectivity index (χ2v) is 6.88. The van der Waals surface area contributed by atoms with Crippen molar-refractivity contribution in [2.75, 3.05) is 13.1 Å². The van der Waals surface area contributed by atoms with E-state index in [9.17, 15) is 4.79 Å². The van der Waals surface area contributed by atoms with Crippen LogP contribution >= 0.6 is 0 Å². The smallest absolute Gasteiger partial charge is 0.224 e. The van der Waals surface area contributed by atoms with Gasteiger partial charge >= 0.3 is 0 Å². The third-order valence-corrected chi connectivity index (χ3v) is 5.20. The number of nitrogens with zero attached hydrogens (tertiary/aromatic N) is 4. The molecule has 130 valence electrons. The van der Waals surface area contributed by atoms with Crippen LogP contribution in [0.5, 0.6) is 0 Å². The summed E-state index contributed by atoms with van der Waals surface area (Å²) < 4.78 is 1.99. The zero-order chi connectivity index (χ0) is 17.2. The Morgan fingerprint density at radius 1 is 1.36 bits per heavy atom. The highest BCUT2D eigenvalue weighted by Gasteiger charge is 2.25. The highest BCUT2D eigenvalue weighted by atomic mass is 16.2. The molecular weight excluding hydrogens is 314 g/mol. The summed E-state index contributed by atoms with van der Waals surface area (Å²) in [5.41, 5.74) is 2.19. The molecule has 1 saturated heterocycles. The summed E-state index contributed by atoms with van der Waals surface area (Å²) >= 11 is 0. The molecule has 0 radical (unpaired) electrons. The summed E-state index contributed by atoms with van der Waals surface area (Å²) in [5, 5.41) is 1.16. The lowest BCUT2D eigenvalue weighted by molar-refractivity contribution is -0.133. The number of nitrogens with one attached hydrogen (secondary N) is 1. The number of hydrogen-bond donors (Lipinski definition) is 1. The van der Waals surface area contributed by atoms with E-state index in [-0.39, 0.29) is 11.9 Å². The Morgan fingerprint density at radius 2 is 2.20 bits per heavy atom. The first-order chi connectivity index (χ1) is 12.2. The van der Waals surface area contributed by atoms with E-state index >= 15 is 0 Å². The van der Waals surface area contributed by atoms with Crippen LogP contribution in [-0.2, 0) is 4.79 Å². The third-order valence-electron chi connectivity index (χ3n) is 5.20. The molecular formula is C19H23N5O. The number of piperidine rings is 1. The molecule has 1 atom stereocenters. The van der Waals surface area contributed by atoms with Gasteiger partial charge in [0, 0.05) is 61.1 Å². The summed E-state index contributed by atoms with van der Waals surface area (Å²) in [6.07, 6.45) is 9.77. The fourth-order valence-electron chi connectivity index (χ4n) is 3.66. The lowest BCUT2D eigenvalue weighted by Crippen LogP contribution is -2.38. The Balaban J connectivity index is 1.35. The Labute approximate surface area is 146 Å². The van der Waals surface area contributed by atoms with Crippen LogP contribution in [0.15, 0.2) is 43.1 Å². The second-order valence-electron chi connectivity index (χ2n) is 6.88. The summed E-state index contributed by atoms with van der Waals surface area (Å²) in [5.74, 6) is 0.710. The summed E-state index contributed by atoms with van der Waals surface area (Å²) in [4.78, 5) is 26.4. The first kappa shape index (κ1) is 15.9. The maximum Gasteiger partial charge on any atom is 0.224 e. The summed E-state index contributed by atoms with van der Waals surface area (Å²) in [6.45, 7) is 3.70. The van der Waals surface area contributed by atoms with E-state index in [0.717, 1.165) is 37.0 Å². The summed E-state index contributed by atoms with van der Waals surface area (Å²) in [7, 11) is 0. The topological polar surface area (TPSA) is 66.8 Å². The molecule has 25 heavy (non-hydrogen) atoms. The maximum absolute atomic E-state index is 12.6. The molecule has 1 N–H and O–H groups in total. The van der Waals surface area contributed by atoms with Gasteiger partial charge in [-0.1, -0.05) is 0 Å². The van der Waals surface area contributed by atoms with Crippen LogP contribution in [-0.4, -0.2) is 43.4 Å². The molecule has 1 aliphatic rings. The lowest BCUT2D eigenvalue weighted by atomic mass is 9.93. The van der Waals surface area contributed by atoms with Crippen molar-refractivity contribution in [3.8, 4) is 0 Å². The fraction of sp³-hybridized carbons (Fsp3) is 0.421. The molecule has 0 aliphatic carbocycles. The molecule has 4 rings (SSSR count). The number of carbonyl (C=O) groups excluding carboxylic acids is 1. The Hall–Kier alpha value is -2.63. The Morgan fingerprint density at radius 3 is 2.92 bits per heavy atom. The molecule has 1 fully saturated rings. The molecule has 1 amide bonds. The van der Waals surface area contributed by atoms with Gasteiger partial charge in [0.25, 0.3) is 0 Å². The van der Waals surface area contributed by atoms with Gasteiger partial charge in [-0.2, -0.15) is 0 Å². The molecule has 4 heterocycles. The number of rotatable bonds is 4. The van der Waals surface area contributed by atoms with Crippen LogP contribution in [0.4, 0.5) is 0 Å². The molecule has 3 aromatic rings. The number of pyridine rings is 1. The van der Waals surface area contributed by atoms with Crippen molar-refractivity contribution in [3.63, 3.8) is 0 Å². The number of likely N-dealkylation sites (tertiary alicyclic amines) is 1. The van der Waals surface area contributed by atoms with Gasteiger partial charge in [0.15, 0.2) is 0 Å². The molecule has 1 aliphatic heterocycles. The molecule has 3 aromatic heterocycles. The van der Waals surface area contributed by atoms with Crippen molar-refractivity contribution in [1.29, 1.82) is 0 Å². The van der Waals surface area contributed by atoms with Crippen LogP contribution in [0.3, 0.4) is 0 Å². The second kappa shape index (κ2) is 6.70. The van der Waals surface area contributed by atoms with Gasteiger partial charge < -0.3 is 14.5 Å². The van der Waals surface area contributed by atoms with Gasteiger partial charge in [0.05, 0.1) is 6.33 Å². The number of H-pyrrole nitrogens is 1. The van der Waals surface area contributed by atoms with Crippen LogP contribution in [0.2, 0.25) is 0 Å². The largest absolute Gasteiger partial charge is 0.343 e. The van der Waals surface area contributed by atoms with Crippen LogP contribution in [0, 0.1) is 0 Å². The normalized spacial score (nSPS) is 17.1. The number of imidazole rings is 1. The number of hydrogen-bond acceptors (Lipinski definition) is 3. The number of fused-ring (bicyclic) bond motifs is 1. The number of aromatic nitrogens is 4. The van der Waals surface area contributed by atoms with Crippen LogP contribution in [0.25, 0.3) is 11.0 Å². The highest BCUT2D eigenvalue weighted by Crippen LogP contribution is 2.30. The number of aromatic amines is 1. The third kappa shape index (κ3) is 3.29. The van der Waals surface area contributed by atoms with Crippen molar-refractivity contribution in [3.05, 3.63) is 48.8 Å². The van der Waals surface area contributed by atoms with Gasteiger partial charge in [-0.25, -0.2) is 9.97 Å². The first-order valence-corrected chi connectivity index (χ1v) is 8.89. The van der Waals surface area contributed by atoms with E-state index in [1.54, 1.807) is 12.5 Å². The highest BCUT2D eigenvalue weighted by molar-refractivity contribution is 5.77. The van der Waals surface area contributed by atoms with E-state index in [1.165, 1.54) is 5.69 Å². The average Bonchev–Trinajstić information content (AvgIpc) is 3.31. The lowest BCUT2D eigenvalue weighted by Gasteiger charge is -2.32. The molecule has 6 heteroatoms. The Kier molecular flexibility index (Phi) is 4.26. The molecule has 0 saturated carbocycles. The van der Waals surface area contributed by atoms with Gasteiger partial charge in [0.2, 0.25) is 5.91 Å². The van der Waals surface area contributed by atoms with Gasteiger partial charge in [0.1, 0.15) is 5.65 Å². The molecule has 0 aromatic carbocycles. The van der Waals surface area contributed by atoms with Gasteiger partial charge in [-0.15, -0.1) is 0 Å². The van der Waals surface area contributed by atoms with Crippen molar-refractivity contribution < 1.29 is 4.79 Å². The van der Waals surface area contributed by atoms with Crippen LogP contribution < -0.4 is 0 Å². The SMILES string of the molecule is CC(CC(=O)N1CCC(c2cc3cccnc3[nH]2)CC1)n1ccnc1. The minimum atomic E-state index is 0.146. The van der Waals surface area contributed by atoms with Crippen molar-refractivity contribution in [1.82, 2.24) is 24.4 Å². The minimum absolute atomic E-state index is 0.146. The van der Waals surface area contributed by atoms with E-state index in [2.05, 4.69) is 34.0 Å². The maximum atomic E-state index is 12.6. The fourth-order valence-corrected chi connectivity index (χ4v) is 3.66. The van der Waals surface area contributed by atoms with Crippen molar-refractivity contribution in [2.45, 2.75) is 38.1 Å². The zero-order valence-electron chi connectivity index (χ0n) is 14.4. The molecule has 1 unspecified atom stereocenters. The zero-order valence-corrected chi connectivity index (χ0v) is 14.4. The van der Waals surface area contributed by atoms with E-state index in [0.29, 0.717) is 12.3 Å². The van der Waals surface area contributed by atoms with E-state index < -0.39 is 0 Å². The quantitative estimate of drug-likeness (QED) is 0.795. The van der Waals surface area contributed by atoms with Gasteiger partial charge in [-0.05, 0) is 38.0 Å². The minimum Gasteiger partial charge on any atom is -0.343 e.